The molecule has 118 valence electrons. The highest BCUT2D eigenvalue weighted by atomic mass is 35.5. The van der Waals surface area contributed by atoms with Gasteiger partial charge < -0.3 is 15.2 Å². The normalized spacial score (nSPS) is 11.5. The van der Waals surface area contributed by atoms with Gasteiger partial charge in [-0.1, -0.05) is 35.0 Å². The maximum atomic E-state index is 6.12. The Labute approximate surface area is 135 Å². The Bertz CT molecular complexity index is 626. The van der Waals surface area contributed by atoms with Crippen molar-refractivity contribution in [3.63, 3.8) is 0 Å². The molecule has 6 nitrogen and oxygen atoms in total. The van der Waals surface area contributed by atoms with E-state index in [4.69, 9.17) is 16.1 Å². The number of benzene rings is 1. The number of hydrogen-bond donors (Lipinski definition) is 2. The van der Waals surface area contributed by atoms with Crippen LogP contribution in [0.5, 0.6) is 0 Å². The second-order valence-electron chi connectivity index (χ2n) is 4.78. The summed E-state index contributed by atoms with van der Waals surface area (Å²) in [6.45, 7) is 3.21. The van der Waals surface area contributed by atoms with Crippen LogP contribution in [-0.4, -0.2) is 29.7 Å². The number of hydrogen-bond acceptors (Lipinski definition) is 4. The van der Waals surface area contributed by atoms with Gasteiger partial charge in [0.2, 0.25) is 5.89 Å². The van der Waals surface area contributed by atoms with Crippen LogP contribution in [0.15, 0.2) is 33.8 Å². The third-order valence-electron chi connectivity index (χ3n) is 3.06. The van der Waals surface area contributed by atoms with E-state index in [-0.39, 0.29) is 0 Å². The van der Waals surface area contributed by atoms with Crippen molar-refractivity contribution >= 4 is 17.6 Å². The minimum atomic E-state index is 0.627. The summed E-state index contributed by atoms with van der Waals surface area (Å²) in [6, 6.07) is 7.74. The molecule has 0 amide bonds. The molecule has 0 fully saturated rings. The fourth-order valence-corrected chi connectivity index (χ4v) is 2.13. The molecule has 2 aromatic rings. The van der Waals surface area contributed by atoms with Crippen molar-refractivity contribution < 1.29 is 4.52 Å². The molecular formula is C15H20ClN5O. The summed E-state index contributed by atoms with van der Waals surface area (Å²) in [5, 5.41) is 11.0. The lowest BCUT2D eigenvalue weighted by molar-refractivity contribution is 0.372. The molecule has 0 aliphatic carbocycles. The number of rotatable bonds is 6. The SMILES string of the molecule is CN=C(NCCCc1nc(C)no1)NCc1ccccc1Cl. The first kappa shape index (κ1) is 16.3. The number of aliphatic imine (C=N–C) groups is 1. The first-order valence-electron chi connectivity index (χ1n) is 7.16. The standard InChI is InChI=1S/C15H20ClN5O/c1-11-20-14(22-21-11)8-5-9-18-15(17-2)19-10-12-6-3-4-7-13(12)16/h3-4,6-7H,5,8-10H2,1-2H3,(H2,17,18,19). The first-order valence-corrected chi connectivity index (χ1v) is 7.54. The summed E-state index contributed by atoms with van der Waals surface area (Å²) in [7, 11) is 1.74. The number of aromatic nitrogens is 2. The second kappa shape index (κ2) is 8.38. The van der Waals surface area contributed by atoms with Crippen LogP contribution < -0.4 is 10.6 Å². The van der Waals surface area contributed by atoms with Gasteiger partial charge in [-0.3, -0.25) is 4.99 Å². The quantitative estimate of drug-likeness (QED) is 0.485. The fourth-order valence-electron chi connectivity index (χ4n) is 1.93. The van der Waals surface area contributed by atoms with Gasteiger partial charge >= 0.3 is 0 Å². The molecular weight excluding hydrogens is 302 g/mol. The summed E-state index contributed by atoms with van der Waals surface area (Å²) in [5.41, 5.74) is 1.04. The van der Waals surface area contributed by atoms with Gasteiger partial charge in [-0.25, -0.2) is 0 Å². The zero-order valence-corrected chi connectivity index (χ0v) is 13.5. The average molecular weight is 322 g/mol. The summed E-state index contributed by atoms with van der Waals surface area (Å²) in [6.07, 6.45) is 1.63. The van der Waals surface area contributed by atoms with Gasteiger partial charge in [-0.2, -0.15) is 4.98 Å². The van der Waals surface area contributed by atoms with Crippen molar-refractivity contribution in [3.8, 4) is 0 Å². The maximum Gasteiger partial charge on any atom is 0.226 e. The molecule has 0 saturated carbocycles. The highest BCUT2D eigenvalue weighted by Gasteiger charge is 2.04. The Hall–Kier alpha value is -2.08. The number of halogens is 1. The topological polar surface area (TPSA) is 75.3 Å². The Morgan fingerprint density at radius 1 is 1.32 bits per heavy atom. The first-order chi connectivity index (χ1) is 10.7. The molecule has 0 saturated heterocycles. The third kappa shape index (κ3) is 5.04. The largest absolute Gasteiger partial charge is 0.356 e. The number of nitrogens with zero attached hydrogens (tertiary/aromatic N) is 3. The van der Waals surface area contributed by atoms with Gasteiger partial charge in [-0.05, 0) is 25.0 Å². The zero-order valence-electron chi connectivity index (χ0n) is 12.8. The van der Waals surface area contributed by atoms with Crippen molar-refractivity contribution in [1.82, 2.24) is 20.8 Å². The zero-order chi connectivity index (χ0) is 15.8. The van der Waals surface area contributed by atoms with Gasteiger partial charge in [0.25, 0.3) is 0 Å². The highest BCUT2D eigenvalue weighted by molar-refractivity contribution is 6.31. The van der Waals surface area contributed by atoms with Gasteiger partial charge in [0.05, 0.1) is 0 Å². The van der Waals surface area contributed by atoms with E-state index in [1.165, 1.54) is 0 Å². The molecule has 2 rings (SSSR count). The maximum absolute atomic E-state index is 6.12. The van der Waals surface area contributed by atoms with Crippen molar-refractivity contribution in [2.75, 3.05) is 13.6 Å². The lowest BCUT2D eigenvalue weighted by Gasteiger charge is -2.12. The van der Waals surface area contributed by atoms with Crippen LogP contribution in [-0.2, 0) is 13.0 Å². The van der Waals surface area contributed by atoms with Crippen LogP contribution in [0.4, 0.5) is 0 Å². The molecule has 0 radical (unpaired) electrons. The summed E-state index contributed by atoms with van der Waals surface area (Å²) in [5.74, 6) is 2.07. The molecule has 0 aliphatic rings. The average Bonchev–Trinajstić information content (AvgIpc) is 2.93. The molecule has 2 N–H and O–H groups in total. The summed E-state index contributed by atoms with van der Waals surface area (Å²) < 4.78 is 5.07. The van der Waals surface area contributed by atoms with Crippen molar-refractivity contribution in [3.05, 3.63) is 46.6 Å². The lowest BCUT2D eigenvalue weighted by Crippen LogP contribution is -2.37. The summed E-state index contributed by atoms with van der Waals surface area (Å²) >= 11 is 6.12. The Morgan fingerprint density at radius 2 is 2.14 bits per heavy atom. The van der Waals surface area contributed by atoms with Gasteiger partial charge in [0.1, 0.15) is 0 Å². The molecule has 0 unspecified atom stereocenters. The van der Waals surface area contributed by atoms with Crippen LogP contribution in [0.2, 0.25) is 5.02 Å². The molecule has 22 heavy (non-hydrogen) atoms. The van der Waals surface area contributed by atoms with Crippen LogP contribution in [0.1, 0.15) is 23.7 Å². The van der Waals surface area contributed by atoms with Crippen molar-refractivity contribution in [1.29, 1.82) is 0 Å². The number of aryl methyl sites for hydroxylation is 2. The van der Waals surface area contributed by atoms with E-state index >= 15 is 0 Å². The minimum absolute atomic E-state index is 0.627. The van der Waals surface area contributed by atoms with Crippen LogP contribution >= 0.6 is 11.6 Å². The van der Waals surface area contributed by atoms with E-state index in [2.05, 4.69) is 25.8 Å². The van der Waals surface area contributed by atoms with E-state index in [0.29, 0.717) is 18.3 Å². The van der Waals surface area contributed by atoms with Gasteiger partial charge in [0, 0.05) is 31.6 Å². The predicted octanol–water partition coefficient (Wildman–Crippen LogP) is 2.33. The molecule has 1 aromatic carbocycles. The number of guanidine groups is 1. The Kier molecular flexibility index (Phi) is 6.21. The molecule has 0 spiro atoms. The Morgan fingerprint density at radius 3 is 2.82 bits per heavy atom. The van der Waals surface area contributed by atoms with E-state index in [9.17, 15) is 0 Å². The van der Waals surface area contributed by atoms with Crippen molar-refractivity contribution in [2.45, 2.75) is 26.3 Å². The molecule has 0 aliphatic heterocycles. The van der Waals surface area contributed by atoms with E-state index in [1.807, 2.05) is 31.2 Å². The van der Waals surface area contributed by atoms with Crippen molar-refractivity contribution in [2.24, 2.45) is 4.99 Å². The highest BCUT2D eigenvalue weighted by Crippen LogP contribution is 2.14. The van der Waals surface area contributed by atoms with Gasteiger partial charge in [0.15, 0.2) is 11.8 Å². The number of nitrogens with one attached hydrogen (secondary N) is 2. The minimum Gasteiger partial charge on any atom is -0.356 e. The molecule has 1 heterocycles. The van der Waals surface area contributed by atoms with E-state index in [0.717, 1.165) is 35.9 Å². The van der Waals surface area contributed by atoms with Crippen LogP contribution in [0.25, 0.3) is 0 Å². The fraction of sp³-hybridized carbons (Fsp3) is 0.400. The molecule has 7 heteroatoms. The summed E-state index contributed by atoms with van der Waals surface area (Å²) in [4.78, 5) is 8.35. The van der Waals surface area contributed by atoms with Gasteiger partial charge in [-0.15, -0.1) is 0 Å². The smallest absolute Gasteiger partial charge is 0.226 e. The third-order valence-corrected chi connectivity index (χ3v) is 3.43. The Balaban J connectivity index is 1.70. The molecule has 0 bridgehead atoms. The lowest BCUT2D eigenvalue weighted by atomic mass is 10.2. The van der Waals surface area contributed by atoms with E-state index in [1.54, 1.807) is 7.05 Å². The molecule has 0 atom stereocenters. The van der Waals surface area contributed by atoms with Crippen LogP contribution in [0.3, 0.4) is 0 Å². The second-order valence-corrected chi connectivity index (χ2v) is 5.19. The predicted molar refractivity (Wildman–Crippen MR) is 87.0 cm³/mol. The van der Waals surface area contributed by atoms with E-state index < -0.39 is 0 Å². The monoisotopic (exact) mass is 321 g/mol. The van der Waals surface area contributed by atoms with Crippen LogP contribution in [0, 0.1) is 6.92 Å². The molecule has 1 aromatic heterocycles.